The van der Waals surface area contributed by atoms with Gasteiger partial charge >= 0.3 is 5.97 Å². The maximum atomic E-state index is 11.6. The molecule has 0 aromatic carbocycles. The lowest BCUT2D eigenvalue weighted by Crippen LogP contribution is -2.26. The molecule has 0 aliphatic heterocycles. The third-order valence-electron chi connectivity index (χ3n) is 2.86. The number of rotatable bonds is 4. The Bertz CT molecular complexity index is 258. The van der Waals surface area contributed by atoms with E-state index in [1.54, 1.807) is 6.92 Å². The van der Waals surface area contributed by atoms with Crippen molar-refractivity contribution < 1.29 is 14.3 Å². The summed E-state index contributed by atoms with van der Waals surface area (Å²) in [6, 6.07) is 0. The first-order valence-electron chi connectivity index (χ1n) is 5.48. The molecular weight excluding hydrogens is 192 g/mol. The van der Waals surface area contributed by atoms with Gasteiger partial charge in [0.25, 0.3) is 0 Å². The predicted octanol–water partition coefficient (Wildman–Crippen LogP) is 2.11. The molecule has 0 spiro atoms. The summed E-state index contributed by atoms with van der Waals surface area (Å²) in [5.74, 6) is 0.100. The van der Waals surface area contributed by atoms with Gasteiger partial charge in [0.15, 0.2) is 0 Å². The number of ether oxygens (including phenoxy) is 1. The molecule has 3 heteroatoms. The molecule has 1 saturated carbocycles. The molecule has 2 unspecified atom stereocenters. The van der Waals surface area contributed by atoms with E-state index < -0.39 is 0 Å². The Balaban J connectivity index is 2.41. The lowest BCUT2D eigenvalue weighted by Gasteiger charge is -2.24. The molecular formula is C12H18O3. The quantitative estimate of drug-likeness (QED) is 0.527. The molecule has 1 rings (SSSR count). The number of hydrogen-bond acceptors (Lipinski definition) is 3. The standard InChI is InChI=1S/C12H18O3/c1-3-9-5-6-10(11(13)7-9)8-12(14)15-4-2/h3,9-10H,1,4-8H2,2H3. The van der Waals surface area contributed by atoms with Gasteiger partial charge in [0.1, 0.15) is 5.78 Å². The highest BCUT2D eigenvalue weighted by atomic mass is 16.5. The Hall–Kier alpha value is -1.12. The van der Waals surface area contributed by atoms with Crippen molar-refractivity contribution in [3.8, 4) is 0 Å². The first-order chi connectivity index (χ1) is 7.17. The summed E-state index contributed by atoms with van der Waals surface area (Å²) < 4.78 is 4.83. The monoisotopic (exact) mass is 210 g/mol. The third-order valence-corrected chi connectivity index (χ3v) is 2.86. The minimum Gasteiger partial charge on any atom is -0.466 e. The summed E-state index contributed by atoms with van der Waals surface area (Å²) in [4.78, 5) is 22.9. The lowest BCUT2D eigenvalue weighted by molar-refractivity contribution is -0.146. The second kappa shape index (κ2) is 5.69. The molecule has 0 radical (unpaired) electrons. The van der Waals surface area contributed by atoms with Gasteiger partial charge < -0.3 is 4.74 Å². The third kappa shape index (κ3) is 3.50. The molecule has 0 amide bonds. The van der Waals surface area contributed by atoms with E-state index in [-0.39, 0.29) is 24.1 Å². The van der Waals surface area contributed by atoms with Gasteiger partial charge in [-0.25, -0.2) is 0 Å². The zero-order chi connectivity index (χ0) is 11.3. The fraction of sp³-hybridized carbons (Fsp3) is 0.667. The highest BCUT2D eigenvalue weighted by Gasteiger charge is 2.29. The van der Waals surface area contributed by atoms with Crippen molar-refractivity contribution in [2.45, 2.75) is 32.6 Å². The van der Waals surface area contributed by atoms with E-state index in [2.05, 4.69) is 6.58 Å². The molecule has 3 nitrogen and oxygen atoms in total. The minimum absolute atomic E-state index is 0.125. The van der Waals surface area contributed by atoms with Crippen LogP contribution in [-0.4, -0.2) is 18.4 Å². The molecule has 15 heavy (non-hydrogen) atoms. The Morgan fingerprint density at radius 3 is 2.87 bits per heavy atom. The van der Waals surface area contributed by atoms with Crippen LogP contribution in [0.15, 0.2) is 12.7 Å². The second-order valence-corrected chi connectivity index (χ2v) is 3.95. The summed E-state index contributed by atoms with van der Waals surface area (Å²) in [6.07, 6.45) is 4.36. The minimum atomic E-state index is -0.257. The fourth-order valence-electron chi connectivity index (χ4n) is 1.94. The SMILES string of the molecule is C=CC1CCC(CC(=O)OCC)C(=O)C1. The number of carbonyl (C=O) groups excluding carboxylic acids is 2. The highest BCUT2D eigenvalue weighted by Crippen LogP contribution is 2.28. The van der Waals surface area contributed by atoms with Gasteiger partial charge in [-0.15, -0.1) is 6.58 Å². The fourth-order valence-corrected chi connectivity index (χ4v) is 1.94. The zero-order valence-electron chi connectivity index (χ0n) is 9.20. The van der Waals surface area contributed by atoms with E-state index in [1.165, 1.54) is 0 Å². The molecule has 1 fully saturated rings. The van der Waals surface area contributed by atoms with Crippen LogP contribution in [0.5, 0.6) is 0 Å². The largest absolute Gasteiger partial charge is 0.466 e. The Kier molecular flexibility index (Phi) is 4.53. The number of hydrogen-bond donors (Lipinski definition) is 0. The number of allylic oxidation sites excluding steroid dienone is 1. The summed E-state index contributed by atoms with van der Waals surface area (Å²) in [5, 5.41) is 0. The van der Waals surface area contributed by atoms with Crippen LogP contribution in [-0.2, 0) is 14.3 Å². The first kappa shape index (κ1) is 12.0. The molecule has 84 valence electrons. The van der Waals surface area contributed by atoms with Crippen molar-refractivity contribution in [2.24, 2.45) is 11.8 Å². The van der Waals surface area contributed by atoms with Crippen molar-refractivity contribution in [2.75, 3.05) is 6.61 Å². The van der Waals surface area contributed by atoms with E-state index in [1.807, 2.05) is 6.08 Å². The van der Waals surface area contributed by atoms with Crippen molar-refractivity contribution in [3.63, 3.8) is 0 Å². The topological polar surface area (TPSA) is 43.4 Å². The number of carbonyl (C=O) groups is 2. The van der Waals surface area contributed by atoms with Crippen molar-refractivity contribution in [1.29, 1.82) is 0 Å². The van der Waals surface area contributed by atoms with Crippen molar-refractivity contribution >= 4 is 11.8 Å². The van der Waals surface area contributed by atoms with Crippen LogP contribution in [0.1, 0.15) is 32.6 Å². The van der Waals surface area contributed by atoms with Gasteiger partial charge in [-0.3, -0.25) is 9.59 Å². The van der Waals surface area contributed by atoms with Crippen LogP contribution < -0.4 is 0 Å². The van der Waals surface area contributed by atoms with Gasteiger partial charge in [-0.05, 0) is 25.7 Å². The van der Waals surface area contributed by atoms with Crippen LogP contribution in [0, 0.1) is 11.8 Å². The van der Waals surface area contributed by atoms with E-state index >= 15 is 0 Å². The van der Waals surface area contributed by atoms with Gasteiger partial charge in [0, 0.05) is 12.3 Å². The predicted molar refractivity (Wildman–Crippen MR) is 57.3 cm³/mol. The summed E-state index contributed by atoms with van der Waals surface area (Å²) in [7, 11) is 0. The summed E-state index contributed by atoms with van der Waals surface area (Å²) >= 11 is 0. The molecule has 1 aliphatic carbocycles. The van der Waals surface area contributed by atoms with Crippen LogP contribution in [0.4, 0.5) is 0 Å². The molecule has 0 aromatic rings. The summed E-state index contributed by atoms with van der Waals surface area (Å²) in [5.41, 5.74) is 0. The first-order valence-corrected chi connectivity index (χ1v) is 5.48. The molecule has 0 saturated heterocycles. The molecule has 0 N–H and O–H groups in total. The van der Waals surface area contributed by atoms with Crippen LogP contribution in [0.25, 0.3) is 0 Å². The van der Waals surface area contributed by atoms with E-state index in [4.69, 9.17) is 4.74 Å². The lowest BCUT2D eigenvalue weighted by atomic mass is 9.79. The molecule has 0 bridgehead atoms. The average Bonchev–Trinajstić information content (AvgIpc) is 2.21. The molecule has 0 heterocycles. The second-order valence-electron chi connectivity index (χ2n) is 3.95. The van der Waals surface area contributed by atoms with E-state index in [9.17, 15) is 9.59 Å². The Morgan fingerprint density at radius 2 is 2.33 bits per heavy atom. The summed E-state index contributed by atoms with van der Waals surface area (Å²) in [6.45, 7) is 5.85. The van der Waals surface area contributed by atoms with Gasteiger partial charge in [0.2, 0.25) is 0 Å². The number of esters is 1. The van der Waals surface area contributed by atoms with E-state index in [0.29, 0.717) is 18.9 Å². The average molecular weight is 210 g/mol. The molecule has 1 aliphatic rings. The maximum absolute atomic E-state index is 11.6. The smallest absolute Gasteiger partial charge is 0.306 e. The normalized spacial score (nSPS) is 26.1. The Morgan fingerprint density at radius 1 is 1.60 bits per heavy atom. The Labute approximate surface area is 90.5 Å². The van der Waals surface area contributed by atoms with Gasteiger partial charge in [-0.1, -0.05) is 6.08 Å². The van der Waals surface area contributed by atoms with Crippen LogP contribution in [0.2, 0.25) is 0 Å². The van der Waals surface area contributed by atoms with Crippen molar-refractivity contribution in [3.05, 3.63) is 12.7 Å². The number of ketones is 1. The number of Topliss-reactive ketones (excluding diaryl/α,β-unsaturated/α-hetero) is 1. The van der Waals surface area contributed by atoms with E-state index in [0.717, 1.165) is 12.8 Å². The van der Waals surface area contributed by atoms with Crippen LogP contribution >= 0.6 is 0 Å². The molecule has 0 aromatic heterocycles. The van der Waals surface area contributed by atoms with Gasteiger partial charge in [0.05, 0.1) is 13.0 Å². The van der Waals surface area contributed by atoms with Crippen molar-refractivity contribution in [1.82, 2.24) is 0 Å². The maximum Gasteiger partial charge on any atom is 0.306 e. The highest BCUT2D eigenvalue weighted by molar-refractivity contribution is 5.86. The molecule has 2 atom stereocenters. The van der Waals surface area contributed by atoms with Crippen LogP contribution in [0.3, 0.4) is 0 Å². The van der Waals surface area contributed by atoms with Gasteiger partial charge in [-0.2, -0.15) is 0 Å². The zero-order valence-corrected chi connectivity index (χ0v) is 9.20.